The average Bonchev–Trinajstić information content (AvgIpc) is 2.35. The molecule has 4 nitrogen and oxygen atoms in total. The molecule has 0 bridgehead atoms. The molecule has 0 saturated carbocycles. The van der Waals surface area contributed by atoms with Gasteiger partial charge in [0.2, 0.25) is 0 Å². The van der Waals surface area contributed by atoms with E-state index in [2.05, 4.69) is 5.32 Å². The van der Waals surface area contributed by atoms with Crippen LogP contribution in [0.3, 0.4) is 0 Å². The molecule has 4 heteroatoms. The van der Waals surface area contributed by atoms with Crippen LogP contribution >= 0.6 is 0 Å². The van der Waals surface area contributed by atoms with Crippen LogP contribution in [0.15, 0.2) is 24.3 Å². The minimum atomic E-state index is -0.558. The van der Waals surface area contributed by atoms with Crippen LogP contribution in [0.5, 0.6) is 5.75 Å². The molecular formula is C13H19NO3. The number of esters is 1. The number of methoxy groups -OCH3 is 2. The molecule has 0 aliphatic carbocycles. The van der Waals surface area contributed by atoms with Crippen molar-refractivity contribution in [2.24, 2.45) is 5.41 Å². The number of hydrogen-bond acceptors (Lipinski definition) is 4. The molecular weight excluding hydrogens is 218 g/mol. The Kier molecular flexibility index (Phi) is 4.37. The summed E-state index contributed by atoms with van der Waals surface area (Å²) in [4.78, 5) is 11.5. The highest BCUT2D eigenvalue weighted by molar-refractivity contribution is 5.76. The lowest BCUT2D eigenvalue weighted by molar-refractivity contribution is -0.149. The van der Waals surface area contributed by atoms with Crippen molar-refractivity contribution < 1.29 is 14.3 Å². The lowest BCUT2D eigenvalue weighted by Crippen LogP contribution is -2.33. The Hall–Kier alpha value is -1.71. The van der Waals surface area contributed by atoms with E-state index >= 15 is 0 Å². The Labute approximate surface area is 102 Å². The van der Waals surface area contributed by atoms with Gasteiger partial charge in [-0.05, 0) is 26.0 Å². The number of anilines is 1. The second-order valence-corrected chi connectivity index (χ2v) is 4.46. The summed E-state index contributed by atoms with van der Waals surface area (Å²) < 4.78 is 9.87. The summed E-state index contributed by atoms with van der Waals surface area (Å²) in [6.45, 7) is 4.19. The molecule has 0 aromatic heterocycles. The predicted molar refractivity (Wildman–Crippen MR) is 67.3 cm³/mol. The molecule has 1 aromatic carbocycles. The van der Waals surface area contributed by atoms with E-state index in [1.807, 2.05) is 38.1 Å². The van der Waals surface area contributed by atoms with Crippen LogP contribution in [0.25, 0.3) is 0 Å². The molecule has 0 aliphatic rings. The molecule has 0 saturated heterocycles. The van der Waals surface area contributed by atoms with Crippen molar-refractivity contribution in [3.05, 3.63) is 24.3 Å². The third-order valence-corrected chi connectivity index (χ3v) is 2.54. The van der Waals surface area contributed by atoms with E-state index in [-0.39, 0.29) is 5.97 Å². The highest BCUT2D eigenvalue weighted by atomic mass is 16.5. The van der Waals surface area contributed by atoms with Crippen molar-refractivity contribution in [1.29, 1.82) is 0 Å². The summed E-state index contributed by atoms with van der Waals surface area (Å²) in [7, 11) is 3.02. The van der Waals surface area contributed by atoms with E-state index in [1.165, 1.54) is 7.11 Å². The number of rotatable bonds is 5. The first-order valence-corrected chi connectivity index (χ1v) is 5.46. The van der Waals surface area contributed by atoms with E-state index < -0.39 is 5.41 Å². The third-order valence-electron chi connectivity index (χ3n) is 2.54. The molecule has 0 spiro atoms. The van der Waals surface area contributed by atoms with Crippen LogP contribution in [0.1, 0.15) is 13.8 Å². The normalized spacial score (nSPS) is 10.8. The smallest absolute Gasteiger partial charge is 0.313 e. The first kappa shape index (κ1) is 13.4. The topological polar surface area (TPSA) is 47.6 Å². The molecule has 0 fully saturated rings. The van der Waals surface area contributed by atoms with Crippen molar-refractivity contribution in [1.82, 2.24) is 0 Å². The van der Waals surface area contributed by atoms with Crippen LogP contribution in [-0.2, 0) is 9.53 Å². The van der Waals surface area contributed by atoms with Crippen LogP contribution in [0.4, 0.5) is 5.69 Å². The quantitative estimate of drug-likeness (QED) is 0.798. The Morgan fingerprint density at radius 1 is 1.35 bits per heavy atom. The zero-order valence-corrected chi connectivity index (χ0v) is 10.7. The minimum Gasteiger partial charge on any atom is -0.497 e. The highest BCUT2D eigenvalue weighted by Crippen LogP contribution is 2.21. The number of ether oxygens (including phenoxy) is 2. The Morgan fingerprint density at radius 2 is 2.06 bits per heavy atom. The van der Waals surface area contributed by atoms with Crippen LogP contribution < -0.4 is 10.1 Å². The second kappa shape index (κ2) is 5.57. The van der Waals surface area contributed by atoms with Gasteiger partial charge in [0.25, 0.3) is 0 Å². The van der Waals surface area contributed by atoms with Gasteiger partial charge >= 0.3 is 5.97 Å². The SMILES string of the molecule is COC(=O)C(C)(C)CNc1cccc(OC)c1. The second-order valence-electron chi connectivity index (χ2n) is 4.46. The molecule has 0 amide bonds. The molecule has 0 aliphatic heterocycles. The van der Waals surface area contributed by atoms with Crippen LogP contribution in [0, 0.1) is 5.41 Å². The molecule has 0 heterocycles. The summed E-state index contributed by atoms with van der Waals surface area (Å²) >= 11 is 0. The molecule has 0 atom stereocenters. The zero-order chi connectivity index (χ0) is 12.9. The zero-order valence-electron chi connectivity index (χ0n) is 10.7. The van der Waals surface area contributed by atoms with Crippen molar-refractivity contribution in [3.8, 4) is 5.75 Å². The van der Waals surface area contributed by atoms with Gasteiger partial charge in [-0.2, -0.15) is 0 Å². The van der Waals surface area contributed by atoms with Gasteiger partial charge in [0.15, 0.2) is 0 Å². The summed E-state index contributed by atoms with van der Waals surface area (Å²) in [5.41, 5.74) is 0.360. The van der Waals surface area contributed by atoms with Gasteiger partial charge in [0, 0.05) is 18.3 Å². The van der Waals surface area contributed by atoms with Gasteiger partial charge in [-0.3, -0.25) is 4.79 Å². The van der Waals surface area contributed by atoms with E-state index in [4.69, 9.17) is 9.47 Å². The number of nitrogens with one attached hydrogen (secondary N) is 1. The van der Waals surface area contributed by atoms with Gasteiger partial charge < -0.3 is 14.8 Å². The Morgan fingerprint density at radius 3 is 2.65 bits per heavy atom. The van der Waals surface area contributed by atoms with Crippen molar-refractivity contribution in [2.45, 2.75) is 13.8 Å². The highest BCUT2D eigenvalue weighted by Gasteiger charge is 2.28. The summed E-state index contributed by atoms with van der Waals surface area (Å²) in [6.07, 6.45) is 0. The van der Waals surface area contributed by atoms with Gasteiger partial charge in [0.1, 0.15) is 5.75 Å². The molecule has 1 N–H and O–H groups in total. The maximum absolute atomic E-state index is 11.5. The third kappa shape index (κ3) is 3.66. The fourth-order valence-electron chi connectivity index (χ4n) is 1.40. The van der Waals surface area contributed by atoms with Crippen LogP contribution in [0.2, 0.25) is 0 Å². The van der Waals surface area contributed by atoms with E-state index in [0.717, 1.165) is 11.4 Å². The average molecular weight is 237 g/mol. The predicted octanol–water partition coefficient (Wildman–Crippen LogP) is 2.31. The maximum Gasteiger partial charge on any atom is 0.313 e. The summed E-state index contributed by atoms with van der Waals surface area (Å²) in [5.74, 6) is 0.554. The van der Waals surface area contributed by atoms with E-state index in [1.54, 1.807) is 7.11 Å². The molecule has 1 rings (SSSR count). The molecule has 0 radical (unpaired) electrons. The van der Waals surface area contributed by atoms with E-state index in [9.17, 15) is 4.79 Å². The number of carbonyl (C=O) groups excluding carboxylic acids is 1. The lowest BCUT2D eigenvalue weighted by Gasteiger charge is -2.22. The number of benzene rings is 1. The minimum absolute atomic E-state index is 0.229. The monoisotopic (exact) mass is 237 g/mol. The first-order valence-electron chi connectivity index (χ1n) is 5.46. The molecule has 0 unspecified atom stereocenters. The standard InChI is InChI=1S/C13H19NO3/c1-13(2,12(15)17-4)9-14-10-6-5-7-11(8-10)16-3/h5-8,14H,9H2,1-4H3. The number of carbonyl (C=O) groups is 1. The van der Waals surface area contributed by atoms with Crippen molar-refractivity contribution >= 4 is 11.7 Å². The molecule has 94 valence electrons. The molecule has 1 aromatic rings. The van der Waals surface area contributed by atoms with Crippen molar-refractivity contribution in [2.75, 3.05) is 26.1 Å². The summed E-state index contributed by atoms with van der Waals surface area (Å²) in [6, 6.07) is 7.58. The molecule has 17 heavy (non-hydrogen) atoms. The maximum atomic E-state index is 11.5. The lowest BCUT2D eigenvalue weighted by atomic mass is 9.93. The van der Waals surface area contributed by atoms with Gasteiger partial charge in [0.05, 0.1) is 19.6 Å². The number of hydrogen-bond donors (Lipinski definition) is 1. The fraction of sp³-hybridized carbons (Fsp3) is 0.462. The van der Waals surface area contributed by atoms with Gasteiger partial charge in [-0.15, -0.1) is 0 Å². The van der Waals surface area contributed by atoms with Gasteiger partial charge in [-0.1, -0.05) is 6.07 Å². The summed E-state index contributed by atoms with van der Waals surface area (Å²) in [5, 5.41) is 3.19. The Bertz CT molecular complexity index is 388. The van der Waals surface area contributed by atoms with Crippen LogP contribution in [-0.4, -0.2) is 26.7 Å². The Balaban J connectivity index is 2.63. The fourth-order valence-corrected chi connectivity index (χ4v) is 1.40. The van der Waals surface area contributed by atoms with Crippen molar-refractivity contribution in [3.63, 3.8) is 0 Å². The largest absolute Gasteiger partial charge is 0.497 e. The van der Waals surface area contributed by atoms with E-state index in [0.29, 0.717) is 6.54 Å². The van der Waals surface area contributed by atoms with Gasteiger partial charge in [-0.25, -0.2) is 0 Å². The first-order chi connectivity index (χ1) is 7.99.